The van der Waals surface area contributed by atoms with Crippen molar-refractivity contribution in [2.45, 2.75) is 13.5 Å². The molecule has 2 heterocycles. The molecular weight excluding hydrogens is 345 g/mol. The Hall–Kier alpha value is -1.22. The normalized spacial score (nSPS) is 10.6. The standard InChI is InChI=1S/C11H14IN5O/c1-8-10(7-17(16-8)3-4-18-2)15-11-13-5-9(12)6-14-11/h5-7H,3-4H2,1-2H3,(H,13,14,15). The van der Waals surface area contributed by atoms with Crippen molar-refractivity contribution >= 4 is 34.2 Å². The Balaban J connectivity index is 2.08. The first-order valence-electron chi connectivity index (χ1n) is 5.46. The van der Waals surface area contributed by atoms with Gasteiger partial charge in [0.05, 0.1) is 24.5 Å². The van der Waals surface area contributed by atoms with Crippen molar-refractivity contribution in [2.24, 2.45) is 0 Å². The summed E-state index contributed by atoms with van der Waals surface area (Å²) in [7, 11) is 1.68. The minimum atomic E-state index is 0.574. The zero-order valence-electron chi connectivity index (χ0n) is 10.2. The fraction of sp³-hybridized carbons (Fsp3) is 0.364. The first kappa shape index (κ1) is 13.2. The lowest BCUT2D eigenvalue weighted by Crippen LogP contribution is -2.04. The van der Waals surface area contributed by atoms with Gasteiger partial charge in [0.2, 0.25) is 5.95 Å². The molecule has 2 rings (SSSR count). The highest BCUT2D eigenvalue weighted by atomic mass is 127. The van der Waals surface area contributed by atoms with E-state index in [2.05, 4.69) is 43.0 Å². The third-order valence-corrected chi connectivity index (χ3v) is 2.89. The Morgan fingerprint density at radius 1 is 1.39 bits per heavy atom. The van der Waals surface area contributed by atoms with Crippen LogP contribution in [-0.2, 0) is 11.3 Å². The Morgan fingerprint density at radius 3 is 2.78 bits per heavy atom. The van der Waals surface area contributed by atoms with Crippen molar-refractivity contribution in [1.82, 2.24) is 19.7 Å². The fourth-order valence-corrected chi connectivity index (χ4v) is 1.72. The fourth-order valence-electron chi connectivity index (χ4n) is 1.44. The Bertz CT molecular complexity index is 511. The van der Waals surface area contributed by atoms with E-state index in [1.165, 1.54) is 0 Å². The Kier molecular flexibility index (Phi) is 4.48. The largest absolute Gasteiger partial charge is 0.383 e. The van der Waals surface area contributed by atoms with Crippen LogP contribution in [0.4, 0.5) is 11.6 Å². The van der Waals surface area contributed by atoms with E-state index in [0.717, 1.165) is 21.5 Å². The number of anilines is 2. The third kappa shape index (κ3) is 3.39. The van der Waals surface area contributed by atoms with Gasteiger partial charge in [-0.15, -0.1) is 0 Å². The minimum absolute atomic E-state index is 0.574. The maximum Gasteiger partial charge on any atom is 0.227 e. The molecule has 2 aromatic heterocycles. The molecule has 7 heteroatoms. The van der Waals surface area contributed by atoms with Crippen LogP contribution in [0.5, 0.6) is 0 Å². The van der Waals surface area contributed by atoms with E-state index in [4.69, 9.17) is 4.74 Å². The van der Waals surface area contributed by atoms with Gasteiger partial charge < -0.3 is 10.1 Å². The molecule has 0 saturated heterocycles. The van der Waals surface area contributed by atoms with Gasteiger partial charge in [-0.2, -0.15) is 5.10 Å². The highest BCUT2D eigenvalue weighted by molar-refractivity contribution is 14.1. The molecule has 0 saturated carbocycles. The van der Waals surface area contributed by atoms with Crippen LogP contribution in [0.1, 0.15) is 5.69 Å². The topological polar surface area (TPSA) is 64.9 Å². The van der Waals surface area contributed by atoms with Gasteiger partial charge in [0.25, 0.3) is 0 Å². The molecule has 0 aliphatic carbocycles. The summed E-state index contributed by atoms with van der Waals surface area (Å²) in [5, 5.41) is 7.53. The van der Waals surface area contributed by atoms with E-state index in [9.17, 15) is 0 Å². The van der Waals surface area contributed by atoms with Crippen LogP contribution < -0.4 is 5.32 Å². The number of hydrogen-bond acceptors (Lipinski definition) is 5. The number of halogens is 1. The van der Waals surface area contributed by atoms with Gasteiger partial charge in [0.15, 0.2) is 0 Å². The quantitative estimate of drug-likeness (QED) is 0.828. The van der Waals surface area contributed by atoms with E-state index >= 15 is 0 Å². The van der Waals surface area contributed by atoms with Crippen molar-refractivity contribution in [3.05, 3.63) is 27.9 Å². The van der Waals surface area contributed by atoms with E-state index in [1.807, 2.05) is 17.8 Å². The second-order valence-electron chi connectivity index (χ2n) is 3.73. The van der Waals surface area contributed by atoms with Gasteiger partial charge in [-0.1, -0.05) is 0 Å². The van der Waals surface area contributed by atoms with Crippen LogP contribution in [0.15, 0.2) is 18.6 Å². The van der Waals surface area contributed by atoms with E-state index in [0.29, 0.717) is 12.6 Å². The highest BCUT2D eigenvalue weighted by Crippen LogP contribution is 2.16. The zero-order valence-corrected chi connectivity index (χ0v) is 12.4. The molecule has 0 aliphatic rings. The maximum absolute atomic E-state index is 5.02. The molecule has 0 radical (unpaired) electrons. The molecule has 1 N–H and O–H groups in total. The average molecular weight is 359 g/mol. The zero-order chi connectivity index (χ0) is 13.0. The van der Waals surface area contributed by atoms with Crippen LogP contribution in [0.3, 0.4) is 0 Å². The average Bonchev–Trinajstić information content (AvgIpc) is 2.70. The number of methoxy groups -OCH3 is 1. The Labute approximate surface area is 119 Å². The lowest BCUT2D eigenvalue weighted by Gasteiger charge is -2.01. The minimum Gasteiger partial charge on any atom is -0.383 e. The molecule has 18 heavy (non-hydrogen) atoms. The van der Waals surface area contributed by atoms with Crippen LogP contribution >= 0.6 is 22.6 Å². The summed E-state index contributed by atoms with van der Waals surface area (Å²) in [4.78, 5) is 8.39. The van der Waals surface area contributed by atoms with Crippen molar-refractivity contribution in [2.75, 3.05) is 19.0 Å². The SMILES string of the molecule is COCCn1cc(Nc2ncc(I)cn2)c(C)n1. The molecule has 0 spiro atoms. The summed E-state index contributed by atoms with van der Waals surface area (Å²) < 4.78 is 7.87. The number of hydrogen-bond donors (Lipinski definition) is 1. The number of rotatable bonds is 5. The lowest BCUT2D eigenvalue weighted by atomic mass is 10.4. The van der Waals surface area contributed by atoms with Crippen molar-refractivity contribution in [3.8, 4) is 0 Å². The summed E-state index contributed by atoms with van der Waals surface area (Å²) >= 11 is 2.17. The predicted octanol–water partition coefficient (Wildman–Crippen LogP) is 1.98. The molecule has 2 aromatic rings. The molecule has 6 nitrogen and oxygen atoms in total. The maximum atomic E-state index is 5.02. The number of nitrogens with zero attached hydrogens (tertiary/aromatic N) is 4. The number of aromatic nitrogens is 4. The highest BCUT2D eigenvalue weighted by Gasteiger charge is 2.06. The molecule has 0 bridgehead atoms. The lowest BCUT2D eigenvalue weighted by molar-refractivity contribution is 0.183. The summed E-state index contributed by atoms with van der Waals surface area (Å²) in [6.07, 6.45) is 5.46. The van der Waals surface area contributed by atoms with Gasteiger partial charge in [-0.25, -0.2) is 9.97 Å². The van der Waals surface area contributed by atoms with Crippen LogP contribution in [0.25, 0.3) is 0 Å². The number of aryl methyl sites for hydroxylation is 1. The van der Waals surface area contributed by atoms with Gasteiger partial charge in [-0.05, 0) is 29.5 Å². The van der Waals surface area contributed by atoms with E-state index in [1.54, 1.807) is 19.5 Å². The molecule has 0 aliphatic heterocycles. The second kappa shape index (κ2) is 6.10. The van der Waals surface area contributed by atoms with Crippen LogP contribution in [0.2, 0.25) is 0 Å². The number of nitrogens with one attached hydrogen (secondary N) is 1. The molecule has 0 atom stereocenters. The summed E-state index contributed by atoms with van der Waals surface area (Å²) in [5.41, 5.74) is 1.82. The van der Waals surface area contributed by atoms with Gasteiger partial charge in [-0.3, -0.25) is 4.68 Å². The van der Waals surface area contributed by atoms with E-state index < -0.39 is 0 Å². The van der Waals surface area contributed by atoms with E-state index in [-0.39, 0.29) is 0 Å². The van der Waals surface area contributed by atoms with Crippen molar-refractivity contribution < 1.29 is 4.74 Å². The molecular formula is C11H14IN5O. The summed E-state index contributed by atoms with van der Waals surface area (Å²) in [6, 6.07) is 0. The van der Waals surface area contributed by atoms with Gasteiger partial charge >= 0.3 is 0 Å². The number of ether oxygens (including phenoxy) is 1. The molecule has 0 aromatic carbocycles. The van der Waals surface area contributed by atoms with Crippen molar-refractivity contribution in [1.29, 1.82) is 0 Å². The Morgan fingerprint density at radius 2 is 2.11 bits per heavy atom. The monoisotopic (exact) mass is 359 g/mol. The first-order chi connectivity index (χ1) is 8.69. The summed E-state index contributed by atoms with van der Waals surface area (Å²) in [6.45, 7) is 3.31. The van der Waals surface area contributed by atoms with Crippen LogP contribution in [0, 0.1) is 10.5 Å². The van der Waals surface area contributed by atoms with Crippen molar-refractivity contribution in [3.63, 3.8) is 0 Å². The molecule has 0 amide bonds. The first-order valence-corrected chi connectivity index (χ1v) is 6.54. The predicted molar refractivity (Wildman–Crippen MR) is 76.9 cm³/mol. The summed E-state index contributed by atoms with van der Waals surface area (Å²) in [5.74, 6) is 0.574. The smallest absolute Gasteiger partial charge is 0.227 e. The molecule has 0 fully saturated rings. The van der Waals surface area contributed by atoms with Gasteiger partial charge in [0, 0.05) is 29.3 Å². The molecule has 0 unspecified atom stereocenters. The third-order valence-electron chi connectivity index (χ3n) is 2.34. The molecule has 96 valence electrons. The van der Waals surface area contributed by atoms with Crippen LogP contribution in [-0.4, -0.2) is 33.5 Å². The van der Waals surface area contributed by atoms with Gasteiger partial charge in [0.1, 0.15) is 0 Å². The second-order valence-corrected chi connectivity index (χ2v) is 4.98.